The van der Waals surface area contributed by atoms with Gasteiger partial charge in [0, 0.05) is 0 Å². The van der Waals surface area contributed by atoms with E-state index >= 15 is 0 Å². The second kappa shape index (κ2) is 2.85. The van der Waals surface area contributed by atoms with Gasteiger partial charge >= 0.3 is 0 Å². The summed E-state index contributed by atoms with van der Waals surface area (Å²) in [5.41, 5.74) is 0.977. The van der Waals surface area contributed by atoms with E-state index in [2.05, 4.69) is 27.7 Å². The molecule has 3 aliphatic rings. The smallest absolute Gasteiger partial charge is 0.0635 e. The maximum Gasteiger partial charge on any atom is 0.0635 e. The van der Waals surface area contributed by atoms with Crippen LogP contribution in [-0.4, -0.2) is 11.2 Å². The second-order valence-electron chi connectivity index (χ2n) is 7.79. The van der Waals surface area contributed by atoms with Gasteiger partial charge < -0.3 is 5.11 Å². The molecule has 0 heterocycles. The summed E-state index contributed by atoms with van der Waals surface area (Å²) < 4.78 is 0. The van der Waals surface area contributed by atoms with Gasteiger partial charge in [-0.2, -0.15) is 0 Å². The van der Waals surface area contributed by atoms with E-state index in [0.717, 1.165) is 5.92 Å². The Kier molecular flexibility index (Phi) is 1.98. The quantitative estimate of drug-likeness (QED) is 0.664. The van der Waals surface area contributed by atoms with Crippen LogP contribution in [0, 0.1) is 28.1 Å². The van der Waals surface area contributed by atoms with E-state index in [1.807, 2.05) is 0 Å². The maximum atomic E-state index is 10.8. The molecule has 3 saturated carbocycles. The SMILES string of the molecule is CC1(C)CCC[C@@]2(C)[C@@H]3CC[C@@]2(C)[C@@H](O)[C@H]31. The number of rotatable bonds is 0. The van der Waals surface area contributed by atoms with E-state index in [1.165, 1.54) is 32.1 Å². The summed E-state index contributed by atoms with van der Waals surface area (Å²) in [7, 11) is 0. The molecule has 5 atom stereocenters. The van der Waals surface area contributed by atoms with Crippen molar-refractivity contribution in [1.82, 2.24) is 0 Å². The predicted molar refractivity (Wildman–Crippen MR) is 66.1 cm³/mol. The van der Waals surface area contributed by atoms with Gasteiger partial charge in [0.2, 0.25) is 0 Å². The summed E-state index contributed by atoms with van der Waals surface area (Å²) in [5.74, 6) is 1.34. The Hall–Kier alpha value is -0.0400. The highest BCUT2D eigenvalue weighted by molar-refractivity contribution is 5.19. The number of aliphatic hydroxyl groups excluding tert-OH is 1. The van der Waals surface area contributed by atoms with E-state index in [4.69, 9.17) is 0 Å². The lowest BCUT2D eigenvalue weighted by Gasteiger charge is -2.44. The highest BCUT2D eigenvalue weighted by Gasteiger charge is 2.70. The van der Waals surface area contributed by atoms with Crippen molar-refractivity contribution in [2.45, 2.75) is 65.9 Å². The predicted octanol–water partition coefficient (Wildman–Crippen LogP) is 3.61. The molecule has 0 aromatic carbocycles. The third-order valence-corrected chi connectivity index (χ3v) is 6.94. The van der Waals surface area contributed by atoms with Gasteiger partial charge in [0.05, 0.1) is 6.10 Å². The molecule has 0 radical (unpaired) electrons. The van der Waals surface area contributed by atoms with Crippen LogP contribution in [0.3, 0.4) is 0 Å². The Bertz CT molecular complexity index is 321. The van der Waals surface area contributed by atoms with Crippen molar-refractivity contribution >= 4 is 0 Å². The van der Waals surface area contributed by atoms with Crippen LogP contribution in [0.5, 0.6) is 0 Å². The van der Waals surface area contributed by atoms with Crippen molar-refractivity contribution < 1.29 is 5.11 Å². The largest absolute Gasteiger partial charge is 0.392 e. The maximum absolute atomic E-state index is 10.8. The fourth-order valence-corrected chi connectivity index (χ4v) is 5.68. The zero-order valence-corrected chi connectivity index (χ0v) is 11.2. The fourth-order valence-electron chi connectivity index (χ4n) is 5.68. The molecule has 1 N–H and O–H groups in total. The van der Waals surface area contributed by atoms with Crippen LogP contribution in [0.4, 0.5) is 0 Å². The van der Waals surface area contributed by atoms with Gasteiger partial charge in [-0.1, -0.05) is 34.1 Å². The molecule has 92 valence electrons. The monoisotopic (exact) mass is 222 g/mol. The Balaban J connectivity index is 2.12. The standard InChI is InChI=1S/C15H26O/c1-13(2)7-5-8-14(3)10-6-9-15(14,4)12(16)11(10)13/h10-12,16H,5-9H2,1-4H3/t10-,11+,12+,14+,15+/m1/s1. The Labute approximate surface area is 99.6 Å². The minimum Gasteiger partial charge on any atom is -0.392 e. The van der Waals surface area contributed by atoms with Crippen molar-refractivity contribution in [2.75, 3.05) is 0 Å². The summed E-state index contributed by atoms with van der Waals surface area (Å²) in [6.07, 6.45) is 6.56. The molecule has 16 heavy (non-hydrogen) atoms. The molecule has 1 heteroatoms. The minimum atomic E-state index is -0.0495. The molecule has 0 amide bonds. The molecule has 0 aliphatic heterocycles. The molecular formula is C15H26O. The lowest BCUT2D eigenvalue weighted by Crippen LogP contribution is -2.43. The number of hydrogen-bond acceptors (Lipinski definition) is 1. The zero-order chi connectivity index (χ0) is 11.8. The Morgan fingerprint density at radius 3 is 2.31 bits per heavy atom. The van der Waals surface area contributed by atoms with Crippen molar-refractivity contribution in [3.63, 3.8) is 0 Å². The van der Waals surface area contributed by atoms with Gasteiger partial charge in [0.15, 0.2) is 0 Å². The zero-order valence-electron chi connectivity index (χ0n) is 11.2. The minimum absolute atomic E-state index is 0.0495. The van der Waals surface area contributed by atoms with E-state index in [-0.39, 0.29) is 11.5 Å². The first-order valence-corrected chi connectivity index (χ1v) is 7.01. The van der Waals surface area contributed by atoms with Crippen molar-refractivity contribution in [3.05, 3.63) is 0 Å². The van der Waals surface area contributed by atoms with E-state index in [0.29, 0.717) is 16.7 Å². The van der Waals surface area contributed by atoms with Crippen LogP contribution in [0.2, 0.25) is 0 Å². The number of hydrogen-bond donors (Lipinski definition) is 1. The van der Waals surface area contributed by atoms with Crippen LogP contribution in [0.1, 0.15) is 59.8 Å². The van der Waals surface area contributed by atoms with E-state index in [1.54, 1.807) is 0 Å². The summed E-state index contributed by atoms with van der Waals surface area (Å²) in [5, 5.41) is 10.8. The normalized spacial score (nSPS) is 58.7. The molecule has 0 saturated heterocycles. The highest BCUT2D eigenvalue weighted by atomic mass is 16.3. The van der Waals surface area contributed by atoms with Crippen LogP contribution >= 0.6 is 0 Å². The summed E-state index contributed by atoms with van der Waals surface area (Å²) in [6, 6.07) is 0. The Morgan fingerprint density at radius 2 is 1.62 bits per heavy atom. The lowest BCUT2D eigenvalue weighted by atomic mass is 9.63. The van der Waals surface area contributed by atoms with Gasteiger partial charge in [-0.25, -0.2) is 0 Å². The molecule has 0 aromatic heterocycles. The molecule has 3 fully saturated rings. The number of aliphatic hydroxyl groups is 1. The highest BCUT2D eigenvalue weighted by Crippen LogP contribution is 2.74. The summed E-state index contributed by atoms with van der Waals surface area (Å²) in [6.45, 7) is 9.60. The summed E-state index contributed by atoms with van der Waals surface area (Å²) >= 11 is 0. The average molecular weight is 222 g/mol. The first kappa shape index (κ1) is 11.1. The molecule has 0 aromatic rings. The van der Waals surface area contributed by atoms with Crippen molar-refractivity contribution in [2.24, 2.45) is 28.1 Å². The second-order valence-corrected chi connectivity index (χ2v) is 7.79. The molecule has 1 nitrogen and oxygen atoms in total. The third-order valence-electron chi connectivity index (χ3n) is 6.94. The van der Waals surface area contributed by atoms with Gasteiger partial charge in [-0.05, 0) is 53.8 Å². The molecule has 3 rings (SSSR count). The van der Waals surface area contributed by atoms with Crippen molar-refractivity contribution in [3.8, 4) is 0 Å². The van der Waals surface area contributed by atoms with Gasteiger partial charge in [0.25, 0.3) is 0 Å². The molecule has 0 unspecified atom stereocenters. The van der Waals surface area contributed by atoms with Crippen LogP contribution in [0.25, 0.3) is 0 Å². The molecule has 3 aliphatic carbocycles. The molecule has 4 bridgehead atoms. The molecule has 0 spiro atoms. The third kappa shape index (κ3) is 0.978. The van der Waals surface area contributed by atoms with Crippen molar-refractivity contribution in [1.29, 1.82) is 0 Å². The van der Waals surface area contributed by atoms with Gasteiger partial charge in [0.1, 0.15) is 0 Å². The van der Waals surface area contributed by atoms with Crippen LogP contribution < -0.4 is 0 Å². The first-order valence-electron chi connectivity index (χ1n) is 7.01. The van der Waals surface area contributed by atoms with Gasteiger partial charge in [-0.15, -0.1) is 0 Å². The Morgan fingerprint density at radius 1 is 0.938 bits per heavy atom. The average Bonchev–Trinajstić information content (AvgIpc) is 2.47. The summed E-state index contributed by atoms with van der Waals surface area (Å²) in [4.78, 5) is 0. The fraction of sp³-hybridized carbons (Fsp3) is 1.00. The lowest BCUT2D eigenvalue weighted by molar-refractivity contribution is -0.0578. The van der Waals surface area contributed by atoms with Crippen LogP contribution in [-0.2, 0) is 0 Å². The van der Waals surface area contributed by atoms with Gasteiger partial charge in [-0.3, -0.25) is 0 Å². The molecular weight excluding hydrogens is 196 g/mol. The van der Waals surface area contributed by atoms with E-state index in [9.17, 15) is 5.11 Å². The topological polar surface area (TPSA) is 20.2 Å². The first-order chi connectivity index (χ1) is 7.33. The van der Waals surface area contributed by atoms with Crippen LogP contribution in [0.15, 0.2) is 0 Å². The van der Waals surface area contributed by atoms with E-state index < -0.39 is 0 Å².